The lowest BCUT2D eigenvalue weighted by molar-refractivity contribution is 0.0701. The van der Waals surface area contributed by atoms with Gasteiger partial charge in [-0.25, -0.2) is 9.78 Å². The van der Waals surface area contributed by atoms with Gasteiger partial charge in [0.2, 0.25) is 0 Å². The number of H-pyrrole nitrogens is 1. The van der Waals surface area contributed by atoms with Crippen LogP contribution in [0, 0.1) is 16.4 Å². The predicted octanol–water partition coefficient (Wildman–Crippen LogP) is 2.92. The van der Waals surface area contributed by atoms with Gasteiger partial charge in [-0.3, -0.25) is 4.79 Å². The van der Waals surface area contributed by atoms with Crippen molar-refractivity contribution in [3.05, 3.63) is 31.1 Å². The summed E-state index contributed by atoms with van der Waals surface area (Å²) >= 11 is 9.61. The number of aryl methyl sites for hydroxylation is 1. The second-order valence-corrected chi connectivity index (χ2v) is 9.87. The van der Waals surface area contributed by atoms with E-state index >= 15 is 0 Å². The van der Waals surface area contributed by atoms with Crippen molar-refractivity contribution in [2.75, 3.05) is 38.6 Å². The Balaban J connectivity index is 1.74. The Morgan fingerprint density at radius 3 is 2.79 bits per heavy atom. The summed E-state index contributed by atoms with van der Waals surface area (Å²) < 4.78 is 0.854. The normalized spacial score (nSPS) is 19.6. The SMILES string of the molecule is Cc1[nH]c(C(=O)NC2CCN(c3ncc(C(=O)O)s3)CC2CN(C)C)c(Cl)c1I. The number of hydrogen-bond donors (Lipinski definition) is 3. The van der Waals surface area contributed by atoms with Crippen LogP contribution in [-0.4, -0.2) is 71.6 Å². The van der Waals surface area contributed by atoms with Gasteiger partial charge >= 0.3 is 5.97 Å². The zero-order chi connectivity index (χ0) is 21.3. The maximum absolute atomic E-state index is 12.8. The third-order valence-electron chi connectivity index (χ3n) is 4.91. The number of hydrogen-bond acceptors (Lipinski definition) is 6. The number of aromatic amines is 1. The molecule has 0 aliphatic carbocycles. The average molecular weight is 552 g/mol. The molecule has 0 spiro atoms. The van der Waals surface area contributed by atoms with Crippen molar-refractivity contribution in [2.24, 2.45) is 5.92 Å². The van der Waals surface area contributed by atoms with Crippen molar-refractivity contribution in [1.29, 1.82) is 0 Å². The van der Waals surface area contributed by atoms with Crippen LogP contribution in [0.4, 0.5) is 5.13 Å². The van der Waals surface area contributed by atoms with Gasteiger partial charge in [-0.05, 0) is 50.0 Å². The number of carbonyl (C=O) groups is 2. The topological polar surface area (TPSA) is 102 Å². The largest absolute Gasteiger partial charge is 0.477 e. The number of nitrogens with zero attached hydrogens (tertiary/aromatic N) is 3. The Morgan fingerprint density at radius 2 is 2.24 bits per heavy atom. The van der Waals surface area contributed by atoms with Gasteiger partial charge in [0.05, 0.1) is 14.8 Å². The zero-order valence-electron chi connectivity index (χ0n) is 16.3. The molecule has 0 saturated carbocycles. The lowest BCUT2D eigenvalue weighted by Gasteiger charge is -2.40. The molecule has 11 heteroatoms. The van der Waals surface area contributed by atoms with Gasteiger partial charge in [0.1, 0.15) is 10.6 Å². The van der Waals surface area contributed by atoms with Gasteiger partial charge < -0.3 is 25.2 Å². The van der Waals surface area contributed by atoms with E-state index in [1.54, 1.807) is 0 Å². The van der Waals surface area contributed by atoms with Crippen LogP contribution in [-0.2, 0) is 0 Å². The molecule has 3 rings (SSSR count). The van der Waals surface area contributed by atoms with Gasteiger partial charge in [-0.15, -0.1) is 0 Å². The van der Waals surface area contributed by atoms with Gasteiger partial charge in [0.15, 0.2) is 5.13 Å². The van der Waals surface area contributed by atoms with E-state index in [9.17, 15) is 9.59 Å². The van der Waals surface area contributed by atoms with Crippen molar-refractivity contribution >= 4 is 62.5 Å². The van der Waals surface area contributed by atoms with Crippen LogP contribution in [0.25, 0.3) is 0 Å². The summed E-state index contributed by atoms with van der Waals surface area (Å²) in [5.74, 6) is -1.01. The van der Waals surface area contributed by atoms with E-state index in [0.717, 1.165) is 22.2 Å². The highest BCUT2D eigenvalue weighted by atomic mass is 127. The number of anilines is 1. The Kier molecular flexibility index (Phi) is 7.07. The summed E-state index contributed by atoms with van der Waals surface area (Å²) in [5, 5.41) is 13.4. The fourth-order valence-electron chi connectivity index (χ4n) is 3.53. The summed E-state index contributed by atoms with van der Waals surface area (Å²) in [7, 11) is 3.99. The summed E-state index contributed by atoms with van der Waals surface area (Å²) in [4.78, 5) is 35.7. The maximum Gasteiger partial charge on any atom is 0.347 e. The molecule has 2 aromatic rings. The van der Waals surface area contributed by atoms with Crippen LogP contribution < -0.4 is 10.2 Å². The minimum absolute atomic E-state index is 0.0163. The number of aromatic carboxylic acids is 1. The van der Waals surface area contributed by atoms with E-state index in [4.69, 9.17) is 16.7 Å². The number of piperidine rings is 1. The van der Waals surface area contributed by atoms with E-state index in [2.05, 4.69) is 47.7 Å². The Morgan fingerprint density at radius 1 is 1.52 bits per heavy atom. The van der Waals surface area contributed by atoms with Crippen molar-refractivity contribution in [1.82, 2.24) is 20.2 Å². The molecule has 0 bridgehead atoms. The highest BCUT2D eigenvalue weighted by Gasteiger charge is 2.33. The zero-order valence-corrected chi connectivity index (χ0v) is 20.1. The van der Waals surface area contributed by atoms with Crippen molar-refractivity contribution in [2.45, 2.75) is 19.4 Å². The molecule has 0 radical (unpaired) electrons. The highest BCUT2D eigenvalue weighted by molar-refractivity contribution is 14.1. The molecule has 29 heavy (non-hydrogen) atoms. The standard InChI is InChI=1S/C18H23ClIN5O3S/c1-9-14(20)13(19)15(22-9)16(26)23-11-4-5-25(8-10(11)7-24(2)3)18-21-6-12(29-18)17(27)28/h6,10-11,22H,4-5,7-8H2,1-3H3,(H,23,26)(H,27,28). The first-order valence-electron chi connectivity index (χ1n) is 9.10. The fourth-order valence-corrected chi connectivity index (χ4v) is 5.00. The molecule has 1 fully saturated rings. The third-order valence-corrected chi connectivity index (χ3v) is 8.00. The third kappa shape index (κ3) is 5.04. The molecule has 3 N–H and O–H groups in total. The first kappa shape index (κ1) is 22.3. The lowest BCUT2D eigenvalue weighted by Crippen LogP contribution is -2.53. The highest BCUT2D eigenvalue weighted by Crippen LogP contribution is 2.29. The van der Waals surface area contributed by atoms with Gasteiger partial charge in [-0.1, -0.05) is 22.9 Å². The molecule has 2 aromatic heterocycles. The van der Waals surface area contributed by atoms with E-state index in [1.807, 2.05) is 21.0 Å². The van der Waals surface area contributed by atoms with Crippen molar-refractivity contribution < 1.29 is 14.7 Å². The number of carboxylic acids is 1. The number of amides is 1. The fraction of sp³-hybridized carbons (Fsp3) is 0.500. The average Bonchev–Trinajstić information content (AvgIpc) is 3.24. The number of halogens is 2. The number of carboxylic acid groups (broad SMARTS) is 1. The summed E-state index contributed by atoms with van der Waals surface area (Å²) in [6, 6.07) is -0.0163. The minimum atomic E-state index is -0.964. The van der Waals surface area contributed by atoms with Crippen LogP contribution in [0.5, 0.6) is 0 Å². The van der Waals surface area contributed by atoms with Crippen molar-refractivity contribution in [3.8, 4) is 0 Å². The predicted molar refractivity (Wildman–Crippen MR) is 122 cm³/mol. The van der Waals surface area contributed by atoms with E-state index in [1.165, 1.54) is 17.5 Å². The first-order valence-corrected chi connectivity index (χ1v) is 11.4. The molecule has 3 heterocycles. The van der Waals surface area contributed by atoms with Crippen molar-refractivity contribution in [3.63, 3.8) is 0 Å². The Bertz CT molecular complexity index is 915. The second-order valence-electron chi connectivity index (χ2n) is 7.40. The smallest absolute Gasteiger partial charge is 0.347 e. The number of thiazole rings is 1. The Hall–Kier alpha value is -1.37. The number of rotatable bonds is 6. The van der Waals surface area contributed by atoms with Gasteiger partial charge in [0, 0.05) is 37.3 Å². The summed E-state index contributed by atoms with van der Waals surface area (Å²) in [6.07, 6.45) is 2.13. The van der Waals surface area contributed by atoms with Crippen LogP contribution in [0.1, 0.15) is 32.3 Å². The molecule has 1 aliphatic heterocycles. The number of carbonyl (C=O) groups excluding carboxylic acids is 1. The summed E-state index contributed by atoms with van der Waals surface area (Å²) in [6.45, 7) is 4.05. The molecule has 2 unspecified atom stereocenters. The monoisotopic (exact) mass is 551 g/mol. The molecule has 1 aliphatic rings. The molecular weight excluding hydrogens is 529 g/mol. The van der Waals surface area contributed by atoms with E-state index in [-0.39, 0.29) is 22.7 Å². The van der Waals surface area contributed by atoms with Crippen LogP contribution >= 0.6 is 45.5 Å². The number of nitrogens with one attached hydrogen (secondary N) is 2. The van der Waals surface area contributed by atoms with E-state index in [0.29, 0.717) is 28.9 Å². The van der Waals surface area contributed by atoms with E-state index < -0.39 is 5.97 Å². The maximum atomic E-state index is 12.8. The van der Waals surface area contributed by atoms with Crippen LogP contribution in [0.15, 0.2) is 6.20 Å². The Labute approximate surface area is 191 Å². The van der Waals surface area contributed by atoms with Crippen LogP contribution in [0.3, 0.4) is 0 Å². The first-order chi connectivity index (χ1) is 13.7. The van der Waals surface area contributed by atoms with Gasteiger partial charge in [-0.2, -0.15) is 0 Å². The molecular formula is C18H23ClIN5O3S. The van der Waals surface area contributed by atoms with Crippen LogP contribution in [0.2, 0.25) is 5.02 Å². The molecule has 158 valence electrons. The molecule has 0 aromatic carbocycles. The van der Waals surface area contributed by atoms with Gasteiger partial charge in [0.25, 0.3) is 5.91 Å². The summed E-state index contributed by atoms with van der Waals surface area (Å²) in [5.41, 5.74) is 1.27. The minimum Gasteiger partial charge on any atom is -0.477 e. The quantitative estimate of drug-likeness (QED) is 0.478. The molecule has 1 amide bonds. The molecule has 8 nitrogen and oxygen atoms in total. The number of aromatic nitrogens is 2. The molecule has 2 atom stereocenters. The second kappa shape index (κ2) is 9.19. The lowest BCUT2D eigenvalue weighted by atomic mass is 9.91. The molecule has 1 saturated heterocycles.